The molecule has 1 atom stereocenters. The van der Waals surface area contributed by atoms with Crippen LogP contribution in [0.1, 0.15) is 32.6 Å². The van der Waals surface area contributed by atoms with Crippen LogP contribution in [0.3, 0.4) is 0 Å². The molecule has 5 heteroatoms. The molecule has 88 valence electrons. The number of aliphatic carboxylic acids is 1. The summed E-state index contributed by atoms with van der Waals surface area (Å²) in [6, 6.07) is -0.116. The van der Waals surface area contributed by atoms with Crippen molar-refractivity contribution in [2.24, 2.45) is 5.73 Å². The van der Waals surface area contributed by atoms with Crippen LogP contribution in [0.25, 0.3) is 0 Å². The van der Waals surface area contributed by atoms with Crippen molar-refractivity contribution in [3.8, 4) is 0 Å². The van der Waals surface area contributed by atoms with Crippen LogP contribution in [-0.4, -0.2) is 41.5 Å². The lowest BCUT2D eigenvalue weighted by Crippen LogP contribution is -2.34. The van der Waals surface area contributed by atoms with Gasteiger partial charge in [-0.1, -0.05) is 13.3 Å². The molecule has 0 bridgehead atoms. The van der Waals surface area contributed by atoms with Gasteiger partial charge in [0.05, 0.1) is 6.42 Å². The third-order valence-electron chi connectivity index (χ3n) is 2.18. The van der Waals surface area contributed by atoms with E-state index in [0.29, 0.717) is 6.42 Å². The Labute approximate surface area is 90.2 Å². The summed E-state index contributed by atoms with van der Waals surface area (Å²) in [5.41, 5.74) is 5.72. The van der Waals surface area contributed by atoms with E-state index in [0.717, 1.165) is 12.8 Å². The van der Waals surface area contributed by atoms with E-state index in [1.807, 2.05) is 6.92 Å². The minimum atomic E-state index is -0.896. The van der Waals surface area contributed by atoms with Gasteiger partial charge < -0.3 is 15.7 Å². The first-order chi connectivity index (χ1) is 6.97. The highest BCUT2D eigenvalue weighted by Gasteiger charge is 2.13. The maximum Gasteiger partial charge on any atom is 0.305 e. The fourth-order valence-corrected chi connectivity index (χ4v) is 1.24. The molecule has 5 nitrogen and oxygen atoms in total. The zero-order chi connectivity index (χ0) is 11.8. The summed E-state index contributed by atoms with van der Waals surface area (Å²) in [4.78, 5) is 23.2. The Morgan fingerprint density at radius 1 is 1.47 bits per heavy atom. The van der Waals surface area contributed by atoms with E-state index in [1.54, 1.807) is 7.05 Å². The summed E-state index contributed by atoms with van der Waals surface area (Å²) in [6.45, 7) is 2.26. The van der Waals surface area contributed by atoms with Crippen LogP contribution in [0.5, 0.6) is 0 Å². The van der Waals surface area contributed by atoms with E-state index in [4.69, 9.17) is 10.8 Å². The molecule has 0 heterocycles. The number of rotatable bonds is 7. The first-order valence-electron chi connectivity index (χ1n) is 5.18. The Balaban J connectivity index is 3.82. The number of carboxylic acids is 1. The lowest BCUT2D eigenvalue weighted by molar-refractivity contribution is -0.138. The van der Waals surface area contributed by atoms with Gasteiger partial charge in [-0.15, -0.1) is 0 Å². The minimum absolute atomic E-state index is 0.0226. The smallest absolute Gasteiger partial charge is 0.305 e. The van der Waals surface area contributed by atoms with E-state index in [9.17, 15) is 9.59 Å². The zero-order valence-electron chi connectivity index (χ0n) is 9.40. The number of carboxylic acid groups (broad SMARTS) is 1. The van der Waals surface area contributed by atoms with Crippen molar-refractivity contribution >= 4 is 11.9 Å². The molecule has 0 aromatic heterocycles. The molecule has 0 saturated carbocycles. The quantitative estimate of drug-likeness (QED) is 0.646. The third kappa shape index (κ3) is 6.90. The van der Waals surface area contributed by atoms with E-state index in [2.05, 4.69) is 0 Å². The van der Waals surface area contributed by atoms with Crippen LogP contribution in [0.2, 0.25) is 0 Å². The van der Waals surface area contributed by atoms with Crippen LogP contribution < -0.4 is 5.73 Å². The molecule has 0 aliphatic heterocycles. The first kappa shape index (κ1) is 13.9. The van der Waals surface area contributed by atoms with Crippen molar-refractivity contribution in [3.63, 3.8) is 0 Å². The van der Waals surface area contributed by atoms with Crippen LogP contribution in [0.15, 0.2) is 0 Å². The van der Waals surface area contributed by atoms with Gasteiger partial charge in [0.2, 0.25) is 5.91 Å². The Bertz CT molecular complexity index is 219. The van der Waals surface area contributed by atoms with E-state index in [1.165, 1.54) is 4.90 Å². The first-order valence-corrected chi connectivity index (χ1v) is 5.18. The summed E-state index contributed by atoms with van der Waals surface area (Å²) in [7, 11) is 1.60. The van der Waals surface area contributed by atoms with Crippen LogP contribution in [0, 0.1) is 0 Å². The van der Waals surface area contributed by atoms with Gasteiger partial charge in [-0.3, -0.25) is 9.59 Å². The maximum absolute atomic E-state index is 11.5. The predicted molar refractivity (Wildman–Crippen MR) is 57.4 cm³/mol. The number of carbonyl (C=O) groups excluding carboxylic acids is 1. The molecule has 0 aromatic carbocycles. The highest BCUT2D eigenvalue weighted by molar-refractivity contribution is 5.77. The Morgan fingerprint density at radius 2 is 2.07 bits per heavy atom. The van der Waals surface area contributed by atoms with Gasteiger partial charge in [0.25, 0.3) is 0 Å². The summed E-state index contributed by atoms with van der Waals surface area (Å²) < 4.78 is 0. The molecule has 3 N–H and O–H groups in total. The monoisotopic (exact) mass is 216 g/mol. The normalized spacial score (nSPS) is 12.2. The van der Waals surface area contributed by atoms with Crippen molar-refractivity contribution in [2.75, 3.05) is 13.6 Å². The topological polar surface area (TPSA) is 83.6 Å². The van der Waals surface area contributed by atoms with Crippen LogP contribution in [-0.2, 0) is 9.59 Å². The van der Waals surface area contributed by atoms with Gasteiger partial charge in [0.1, 0.15) is 0 Å². The van der Waals surface area contributed by atoms with Crippen molar-refractivity contribution in [3.05, 3.63) is 0 Å². The van der Waals surface area contributed by atoms with Crippen molar-refractivity contribution in [2.45, 2.75) is 38.6 Å². The number of nitrogens with zero attached hydrogens (tertiary/aromatic N) is 1. The van der Waals surface area contributed by atoms with Gasteiger partial charge in [0.15, 0.2) is 0 Å². The maximum atomic E-state index is 11.5. The Hall–Kier alpha value is -1.10. The molecule has 0 aromatic rings. The molecule has 15 heavy (non-hydrogen) atoms. The average Bonchev–Trinajstić information content (AvgIpc) is 2.14. The molecule has 1 amide bonds. The molecule has 0 spiro atoms. The molecule has 0 aliphatic carbocycles. The van der Waals surface area contributed by atoms with Gasteiger partial charge in [-0.25, -0.2) is 0 Å². The molecular weight excluding hydrogens is 196 g/mol. The SMILES string of the molecule is CCCC(N)CC(=O)N(C)CCC(=O)O. The average molecular weight is 216 g/mol. The zero-order valence-corrected chi connectivity index (χ0v) is 9.40. The number of carbonyl (C=O) groups is 2. The molecule has 0 aliphatic rings. The molecule has 0 rings (SSSR count). The molecule has 0 fully saturated rings. The minimum Gasteiger partial charge on any atom is -0.481 e. The summed E-state index contributed by atoms with van der Waals surface area (Å²) in [6.07, 6.45) is 2.04. The number of nitrogens with two attached hydrogens (primary N) is 1. The van der Waals surface area contributed by atoms with Crippen LogP contribution >= 0.6 is 0 Å². The highest BCUT2D eigenvalue weighted by Crippen LogP contribution is 2.01. The second-order valence-electron chi connectivity index (χ2n) is 3.71. The van der Waals surface area contributed by atoms with Crippen molar-refractivity contribution in [1.82, 2.24) is 4.90 Å². The number of hydrogen-bond acceptors (Lipinski definition) is 3. The van der Waals surface area contributed by atoms with Crippen LogP contribution in [0.4, 0.5) is 0 Å². The second kappa shape index (κ2) is 7.23. The molecule has 1 unspecified atom stereocenters. The summed E-state index contributed by atoms with van der Waals surface area (Å²) in [5.74, 6) is -0.982. The van der Waals surface area contributed by atoms with Crippen molar-refractivity contribution in [1.29, 1.82) is 0 Å². The van der Waals surface area contributed by atoms with Gasteiger partial charge in [-0.05, 0) is 6.42 Å². The van der Waals surface area contributed by atoms with E-state index >= 15 is 0 Å². The number of hydrogen-bond donors (Lipinski definition) is 2. The van der Waals surface area contributed by atoms with Gasteiger partial charge >= 0.3 is 5.97 Å². The van der Waals surface area contributed by atoms with Gasteiger partial charge in [0, 0.05) is 26.1 Å². The Kier molecular flexibility index (Phi) is 6.70. The standard InChI is InChI=1S/C10H20N2O3/c1-3-4-8(11)7-9(13)12(2)6-5-10(14)15/h8H,3-7,11H2,1-2H3,(H,14,15). The fraction of sp³-hybridized carbons (Fsp3) is 0.800. The highest BCUT2D eigenvalue weighted by atomic mass is 16.4. The lowest BCUT2D eigenvalue weighted by Gasteiger charge is -2.18. The molecule has 0 saturated heterocycles. The predicted octanol–water partition coefficient (Wildman–Crippen LogP) is 0.437. The van der Waals surface area contributed by atoms with Crippen molar-refractivity contribution < 1.29 is 14.7 Å². The largest absolute Gasteiger partial charge is 0.481 e. The Morgan fingerprint density at radius 3 is 2.53 bits per heavy atom. The second-order valence-corrected chi connectivity index (χ2v) is 3.71. The summed E-state index contributed by atoms with van der Waals surface area (Å²) in [5, 5.41) is 8.45. The molecule has 0 radical (unpaired) electrons. The third-order valence-corrected chi connectivity index (χ3v) is 2.18. The lowest BCUT2D eigenvalue weighted by atomic mass is 10.1. The van der Waals surface area contributed by atoms with E-state index in [-0.39, 0.29) is 24.9 Å². The van der Waals surface area contributed by atoms with E-state index < -0.39 is 5.97 Å². The summed E-state index contributed by atoms with van der Waals surface area (Å²) >= 11 is 0. The fourth-order valence-electron chi connectivity index (χ4n) is 1.24. The molecular formula is C10H20N2O3. The van der Waals surface area contributed by atoms with Gasteiger partial charge in [-0.2, -0.15) is 0 Å². The number of amides is 1.